The fourth-order valence-electron chi connectivity index (χ4n) is 2.15. The number of rotatable bonds is 4. The van der Waals surface area contributed by atoms with Crippen molar-refractivity contribution in [3.05, 3.63) is 78.0 Å². The number of aromatic nitrogens is 1. The summed E-state index contributed by atoms with van der Waals surface area (Å²) in [6, 6.07) is 22.4. The number of nitrogens with one attached hydrogen (secondary N) is 1. The van der Waals surface area contributed by atoms with Gasteiger partial charge < -0.3 is 0 Å². The summed E-state index contributed by atoms with van der Waals surface area (Å²) in [6.07, 6.45) is 1.82. The number of hydrogen-bond donors (Lipinski definition) is 1. The number of fused-ring (bicyclic) bond motifs is 1. The van der Waals surface area contributed by atoms with Crippen molar-refractivity contribution in [3.8, 4) is 0 Å². The number of benzene rings is 2. The standard InChI is InChI=1S/C17H14N3.Sn/c18-17(14-7-2-1-3-8-14)19-12-15-11-10-13-6-4-5-9-16(13)20-15;/h1-12,17-18H;/q-1;/b19-12+;. The average molecular weight is 379 g/mol. The molecule has 0 saturated heterocycles. The van der Waals surface area contributed by atoms with Crippen LogP contribution in [0.5, 0.6) is 0 Å². The average Bonchev–Trinajstić information content (AvgIpc) is 2.56. The molecule has 3 aromatic rings. The molecule has 1 N–H and O–H groups in total. The number of nitrogens with zero attached hydrogens (tertiary/aromatic N) is 2. The Kier molecular flexibility index (Phi) is 4.62. The number of aliphatic imine (C=N–C) groups is 1. The summed E-state index contributed by atoms with van der Waals surface area (Å²) >= 11 is 1.25. The maximum atomic E-state index is 4.61. The molecule has 0 spiro atoms. The quantitative estimate of drug-likeness (QED) is 0.559. The van der Waals surface area contributed by atoms with Crippen LogP contribution >= 0.6 is 0 Å². The van der Waals surface area contributed by atoms with Gasteiger partial charge in [-0.05, 0) is 0 Å². The Labute approximate surface area is 137 Å². The van der Waals surface area contributed by atoms with E-state index in [-0.39, 0.29) is 6.17 Å². The Morgan fingerprint density at radius 1 is 0.952 bits per heavy atom. The third kappa shape index (κ3) is 3.49. The van der Waals surface area contributed by atoms with E-state index in [1.54, 1.807) is 0 Å². The summed E-state index contributed by atoms with van der Waals surface area (Å²) in [6.45, 7) is 0. The second-order valence-electron chi connectivity index (χ2n) is 4.66. The summed E-state index contributed by atoms with van der Waals surface area (Å²) in [5, 5.41) is 1.15. The summed E-state index contributed by atoms with van der Waals surface area (Å²) in [5.74, 6) is 0. The predicted octanol–water partition coefficient (Wildman–Crippen LogP) is 3.03. The SMILES string of the molecule is [Sn-][NH]C(/N=C/c1ccc2ccccc2n1)c1ccccc1. The molecular formula is C17H14N3Sn-. The molecule has 4 heteroatoms. The zero-order valence-electron chi connectivity index (χ0n) is 11.4. The molecule has 3 rings (SSSR count). The van der Waals surface area contributed by atoms with Gasteiger partial charge in [-0.3, -0.25) is 0 Å². The van der Waals surface area contributed by atoms with E-state index >= 15 is 0 Å². The van der Waals surface area contributed by atoms with Crippen molar-refractivity contribution in [1.29, 1.82) is 0 Å². The second-order valence-corrected chi connectivity index (χ2v) is 5.49. The van der Waals surface area contributed by atoms with Gasteiger partial charge in [0.05, 0.1) is 0 Å². The molecule has 0 amide bonds. The summed E-state index contributed by atoms with van der Waals surface area (Å²) in [4.78, 5) is 9.22. The molecule has 1 unspecified atom stereocenters. The normalized spacial score (nSPS) is 12.8. The van der Waals surface area contributed by atoms with Gasteiger partial charge >= 0.3 is 138 Å². The minimum absolute atomic E-state index is 0.0160. The molecule has 0 aliphatic rings. The molecule has 0 bridgehead atoms. The Morgan fingerprint density at radius 2 is 1.71 bits per heavy atom. The van der Waals surface area contributed by atoms with Crippen molar-refractivity contribution >= 4 is 39.9 Å². The van der Waals surface area contributed by atoms with E-state index in [1.165, 1.54) is 22.8 Å². The first-order valence-electron chi connectivity index (χ1n) is 6.73. The van der Waals surface area contributed by atoms with E-state index in [9.17, 15) is 0 Å². The summed E-state index contributed by atoms with van der Waals surface area (Å²) in [7, 11) is 0. The molecule has 2 radical (unpaired) electrons. The topological polar surface area (TPSA) is 37.3 Å². The van der Waals surface area contributed by atoms with Gasteiger partial charge in [0.1, 0.15) is 0 Å². The predicted molar refractivity (Wildman–Crippen MR) is 87.4 cm³/mol. The molecule has 102 valence electrons. The van der Waals surface area contributed by atoms with Gasteiger partial charge in [-0.1, -0.05) is 0 Å². The molecule has 0 aliphatic carbocycles. The van der Waals surface area contributed by atoms with Crippen LogP contribution in [0.4, 0.5) is 0 Å². The molecular weight excluding hydrogens is 365 g/mol. The van der Waals surface area contributed by atoms with Crippen LogP contribution in [0.25, 0.3) is 10.9 Å². The van der Waals surface area contributed by atoms with E-state index in [0.717, 1.165) is 22.2 Å². The monoisotopic (exact) mass is 380 g/mol. The van der Waals surface area contributed by atoms with Crippen LogP contribution in [-0.2, 0) is 0 Å². The fourth-order valence-corrected chi connectivity index (χ4v) is 2.84. The van der Waals surface area contributed by atoms with Crippen molar-refractivity contribution in [2.75, 3.05) is 0 Å². The van der Waals surface area contributed by atoms with E-state index in [4.69, 9.17) is 0 Å². The summed E-state index contributed by atoms with van der Waals surface area (Å²) in [5.41, 5.74) is 3.03. The Morgan fingerprint density at radius 3 is 2.52 bits per heavy atom. The summed E-state index contributed by atoms with van der Waals surface area (Å²) < 4.78 is 3.29. The first-order valence-corrected chi connectivity index (χ1v) is 8.16. The molecule has 0 fully saturated rings. The minimum atomic E-state index is -0.0160. The van der Waals surface area contributed by atoms with Gasteiger partial charge in [-0.2, -0.15) is 0 Å². The van der Waals surface area contributed by atoms with Gasteiger partial charge in [0, 0.05) is 0 Å². The number of hydrogen-bond acceptors (Lipinski definition) is 3. The van der Waals surface area contributed by atoms with Crippen LogP contribution < -0.4 is 3.54 Å². The molecule has 21 heavy (non-hydrogen) atoms. The van der Waals surface area contributed by atoms with Crippen LogP contribution in [0.2, 0.25) is 0 Å². The van der Waals surface area contributed by atoms with Crippen LogP contribution in [0.1, 0.15) is 17.4 Å². The molecule has 0 aliphatic heterocycles. The van der Waals surface area contributed by atoms with Crippen molar-refractivity contribution in [2.24, 2.45) is 4.99 Å². The van der Waals surface area contributed by atoms with Crippen LogP contribution in [-0.4, -0.2) is 34.0 Å². The molecule has 1 aromatic heterocycles. The van der Waals surface area contributed by atoms with Crippen molar-refractivity contribution in [1.82, 2.24) is 8.52 Å². The van der Waals surface area contributed by atoms with Gasteiger partial charge in [0.2, 0.25) is 0 Å². The van der Waals surface area contributed by atoms with Gasteiger partial charge in [-0.15, -0.1) is 0 Å². The van der Waals surface area contributed by atoms with E-state index in [1.807, 2.05) is 48.7 Å². The Hall–Kier alpha value is -1.72. The first kappa shape index (κ1) is 14.2. The van der Waals surface area contributed by atoms with Crippen LogP contribution in [0.15, 0.2) is 71.7 Å². The Bertz CT molecular complexity index is 756. The maximum absolute atomic E-state index is 4.61. The van der Waals surface area contributed by atoms with Crippen LogP contribution in [0.3, 0.4) is 0 Å². The molecule has 1 atom stereocenters. The van der Waals surface area contributed by atoms with Crippen LogP contribution in [0, 0.1) is 0 Å². The van der Waals surface area contributed by atoms with Gasteiger partial charge in [0.15, 0.2) is 0 Å². The molecule has 0 saturated carbocycles. The van der Waals surface area contributed by atoms with E-state index in [2.05, 4.69) is 37.8 Å². The third-order valence-corrected chi connectivity index (χ3v) is 4.01. The third-order valence-electron chi connectivity index (χ3n) is 3.23. The zero-order valence-corrected chi connectivity index (χ0v) is 14.3. The van der Waals surface area contributed by atoms with Crippen molar-refractivity contribution < 1.29 is 0 Å². The molecule has 3 nitrogen and oxygen atoms in total. The van der Waals surface area contributed by atoms with Gasteiger partial charge in [0.25, 0.3) is 0 Å². The number of para-hydroxylation sites is 1. The van der Waals surface area contributed by atoms with E-state index in [0.29, 0.717) is 0 Å². The molecule has 1 heterocycles. The van der Waals surface area contributed by atoms with Crippen molar-refractivity contribution in [3.63, 3.8) is 0 Å². The van der Waals surface area contributed by atoms with Gasteiger partial charge in [-0.25, -0.2) is 0 Å². The van der Waals surface area contributed by atoms with E-state index < -0.39 is 0 Å². The fraction of sp³-hybridized carbons (Fsp3) is 0.0588. The second kappa shape index (κ2) is 6.82. The zero-order chi connectivity index (χ0) is 14.5. The Balaban J connectivity index is 1.86. The van der Waals surface area contributed by atoms with Crippen molar-refractivity contribution in [2.45, 2.75) is 6.17 Å². The number of pyridine rings is 1. The molecule has 2 aromatic carbocycles. The first-order chi connectivity index (χ1) is 10.4.